The Hall–Kier alpha value is -0.0800. The fraction of sp³-hybridized carbons (Fsp3) is 0.400. The molecule has 1 aromatic rings. The van der Waals surface area contributed by atoms with Crippen molar-refractivity contribution in [2.24, 2.45) is 0 Å². The van der Waals surface area contributed by atoms with Crippen LogP contribution in [0, 0.1) is 0 Å². The minimum absolute atomic E-state index is 1.13. The Bertz CT molecular complexity index is 233. The molecule has 0 unspecified atom stereocenters. The summed E-state index contributed by atoms with van der Waals surface area (Å²) in [5, 5.41) is 0. The minimum Gasteiger partial charge on any atom is -0.0892 e. The average molecular weight is 198 g/mol. The van der Waals surface area contributed by atoms with Crippen molar-refractivity contribution in [2.75, 3.05) is 5.75 Å². The highest BCUT2D eigenvalue weighted by molar-refractivity contribution is 8.76. The van der Waals surface area contributed by atoms with Crippen LogP contribution >= 0.6 is 21.6 Å². The van der Waals surface area contributed by atoms with Gasteiger partial charge in [-0.05, 0) is 18.1 Å². The lowest BCUT2D eigenvalue weighted by Crippen LogP contribution is -1.82. The number of rotatable bonds is 4. The van der Waals surface area contributed by atoms with Crippen LogP contribution in [0.5, 0.6) is 0 Å². The predicted molar refractivity (Wildman–Crippen MR) is 59.8 cm³/mol. The third kappa shape index (κ3) is 2.76. The van der Waals surface area contributed by atoms with E-state index < -0.39 is 0 Å². The van der Waals surface area contributed by atoms with Crippen molar-refractivity contribution in [3.05, 3.63) is 29.8 Å². The van der Waals surface area contributed by atoms with Gasteiger partial charge in [0.25, 0.3) is 0 Å². The van der Waals surface area contributed by atoms with Gasteiger partial charge in [0.15, 0.2) is 0 Å². The number of hydrogen-bond donors (Lipinski definition) is 0. The van der Waals surface area contributed by atoms with Crippen LogP contribution in [0.25, 0.3) is 0 Å². The monoisotopic (exact) mass is 198 g/mol. The molecule has 0 aliphatic rings. The molecule has 1 aromatic carbocycles. The molecule has 0 fully saturated rings. The first-order valence-corrected chi connectivity index (χ1v) is 6.57. The van der Waals surface area contributed by atoms with Gasteiger partial charge >= 0.3 is 0 Å². The van der Waals surface area contributed by atoms with Gasteiger partial charge in [-0.15, -0.1) is 0 Å². The third-order valence-electron chi connectivity index (χ3n) is 1.62. The van der Waals surface area contributed by atoms with Crippen molar-refractivity contribution in [1.82, 2.24) is 0 Å². The van der Waals surface area contributed by atoms with Gasteiger partial charge < -0.3 is 0 Å². The van der Waals surface area contributed by atoms with Crippen LogP contribution in [0.1, 0.15) is 19.4 Å². The normalized spacial score (nSPS) is 10.2. The summed E-state index contributed by atoms with van der Waals surface area (Å²) in [6.45, 7) is 4.39. The molecule has 0 aliphatic carbocycles. The number of aryl methyl sites for hydroxylation is 1. The van der Waals surface area contributed by atoms with Crippen molar-refractivity contribution in [1.29, 1.82) is 0 Å². The van der Waals surface area contributed by atoms with Gasteiger partial charge in [0.05, 0.1) is 0 Å². The summed E-state index contributed by atoms with van der Waals surface area (Å²) in [6.07, 6.45) is 1.13. The Balaban J connectivity index is 2.68. The standard InChI is InChI=1S/C10H14S2/c1-3-9-7-5-6-8-10(9)12-11-4-2/h5-8H,3-4H2,1-2H3. The van der Waals surface area contributed by atoms with E-state index in [2.05, 4.69) is 38.1 Å². The molecule has 12 heavy (non-hydrogen) atoms. The van der Waals surface area contributed by atoms with E-state index in [1.165, 1.54) is 16.2 Å². The molecule has 0 radical (unpaired) electrons. The second-order valence-electron chi connectivity index (χ2n) is 2.45. The van der Waals surface area contributed by atoms with Crippen LogP contribution in [-0.2, 0) is 6.42 Å². The zero-order chi connectivity index (χ0) is 8.81. The smallest absolute Gasteiger partial charge is 0.0214 e. The molecule has 1 rings (SSSR count). The summed E-state index contributed by atoms with van der Waals surface area (Å²) in [6, 6.07) is 8.63. The topological polar surface area (TPSA) is 0 Å². The first-order chi connectivity index (χ1) is 5.88. The van der Waals surface area contributed by atoms with E-state index in [1.54, 1.807) is 0 Å². The molecule has 0 atom stereocenters. The zero-order valence-corrected chi connectivity index (χ0v) is 9.17. The lowest BCUT2D eigenvalue weighted by Gasteiger charge is -2.04. The van der Waals surface area contributed by atoms with Crippen LogP contribution in [0.2, 0.25) is 0 Å². The fourth-order valence-corrected chi connectivity index (χ4v) is 2.92. The Morgan fingerprint density at radius 2 is 1.92 bits per heavy atom. The molecule has 0 aromatic heterocycles. The Morgan fingerprint density at radius 3 is 2.58 bits per heavy atom. The second-order valence-corrected chi connectivity index (χ2v) is 5.08. The molecular formula is C10H14S2. The summed E-state index contributed by atoms with van der Waals surface area (Å²) in [7, 11) is 3.80. The maximum absolute atomic E-state index is 2.21. The van der Waals surface area contributed by atoms with Gasteiger partial charge in [0.1, 0.15) is 0 Å². The van der Waals surface area contributed by atoms with Crippen LogP contribution in [-0.4, -0.2) is 5.75 Å². The van der Waals surface area contributed by atoms with Gasteiger partial charge in [-0.2, -0.15) is 0 Å². The summed E-state index contributed by atoms with van der Waals surface area (Å²) in [4.78, 5) is 1.42. The van der Waals surface area contributed by atoms with Crippen molar-refractivity contribution in [2.45, 2.75) is 25.2 Å². The number of hydrogen-bond acceptors (Lipinski definition) is 2. The summed E-state index contributed by atoms with van der Waals surface area (Å²) < 4.78 is 0. The highest BCUT2D eigenvalue weighted by Crippen LogP contribution is 2.33. The quantitative estimate of drug-likeness (QED) is 0.670. The minimum atomic E-state index is 1.13. The first kappa shape index (κ1) is 10.0. The Labute approximate surface area is 82.5 Å². The largest absolute Gasteiger partial charge is 0.0892 e. The van der Waals surface area contributed by atoms with E-state index in [-0.39, 0.29) is 0 Å². The number of benzene rings is 1. The molecule has 0 heterocycles. The van der Waals surface area contributed by atoms with E-state index in [0.29, 0.717) is 0 Å². The average Bonchev–Trinajstić information content (AvgIpc) is 2.15. The fourth-order valence-electron chi connectivity index (χ4n) is 1.000. The highest BCUT2D eigenvalue weighted by atomic mass is 33.1. The van der Waals surface area contributed by atoms with E-state index in [0.717, 1.165) is 6.42 Å². The predicted octanol–water partition coefficient (Wildman–Crippen LogP) is 4.01. The van der Waals surface area contributed by atoms with Gasteiger partial charge in [0.2, 0.25) is 0 Å². The molecule has 2 heteroatoms. The molecule has 0 aliphatic heterocycles. The molecule has 0 amide bonds. The summed E-state index contributed by atoms with van der Waals surface area (Å²) in [5.41, 5.74) is 1.46. The van der Waals surface area contributed by atoms with Crippen LogP contribution in [0.4, 0.5) is 0 Å². The maximum Gasteiger partial charge on any atom is 0.0214 e. The summed E-state index contributed by atoms with van der Waals surface area (Å²) in [5.74, 6) is 1.17. The van der Waals surface area contributed by atoms with Crippen molar-refractivity contribution < 1.29 is 0 Å². The highest BCUT2D eigenvalue weighted by Gasteiger charge is 1.98. The van der Waals surface area contributed by atoms with Crippen molar-refractivity contribution in [3.8, 4) is 0 Å². The molecule has 0 N–H and O–H groups in total. The van der Waals surface area contributed by atoms with Gasteiger partial charge in [0, 0.05) is 10.6 Å². The molecule has 0 nitrogen and oxygen atoms in total. The second kappa shape index (κ2) is 5.55. The lowest BCUT2D eigenvalue weighted by molar-refractivity contribution is 1.08. The first-order valence-electron chi connectivity index (χ1n) is 4.25. The van der Waals surface area contributed by atoms with E-state index >= 15 is 0 Å². The van der Waals surface area contributed by atoms with Crippen LogP contribution in [0.15, 0.2) is 29.2 Å². The van der Waals surface area contributed by atoms with E-state index in [4.69, 9.17) is 0 Å². The molecule has 0 bridgehead atoms. The summed E-state index contributed by atoms with van der Waals surface area (Å²) >= 11 is 0. The molecule has 66 valence electrons. The molecule has 0 saturated heterocycles. The molecular weight excluding hydrogens is 184 g/mol. The van der Waals surface area contributed by atoms with E-state index in [9.17, 15) is 0 Å². The lowest BCUT2D eigenvalue weighted by atomic mass is 10.2. The van der Waals surface area contributed by atoms with Crippen LogP contribution < -0.4 is 0 Å². The van der Waals surface area contributed by atoms with Gasteiger partial charge in [-0.1, -0.05) is 53.6 Å². The van der Waals surface area contributed by atoms with Crippen molar-refractivity contribution in [3.63, 3.8) is 0 Å². The van der Waals surface area contributed by atoms with Crippen LogP contribution in [0.3, 0.4) is 0 Å². The van der Waals surface area contributed by atoms with Gasteiger partial charge in [-0.3, -0.25) is 0 Å². The van der Waals surface area contributed by atoms with E-state index in [1.807, 2.05) is 21.6 Å². The van der Waals surface area contributed by atoms with Gasteiger partial charge in [-0.25, -0.2) is 0 Å². The zero-order valence-electron chi connectivity index (χ0n) is 7.54. The maximum atomic E-state index is 2.21. The molecule has 0 saturated carbocycles. The Morgan fingerprint density at radius 1 is 1.17 bits per heavy atom. The molecule has 0 spiro atoms. The van der Waals surface area contributed by atoms with Crippen molar-refractivity contribution >= 4 is 21.6 Å². The Kier molecular flexibility index (Phi) is 4.62. The SMILES string of the molecule is CCSSc1ccccc1CC. The third-order valence-corrected chi connectivity index (χ3v) is 4.15.